The first-order chi connectivity index (χ1) is 10.9. The fraction of sp³-hybridized carbons (Fsp3) is 0.526. The van der Waals surface area contributed by atoms with Crippen molar-refractivity contribution in [3.63, 3.8) is 0 Å². The SMILES string of the molecule is CCOC(=O)C12CCC(C)(c3nc4ccccc4nc31)C2(C)C. The third-order valence-electron chi connectivity index (χ3n) is 6.57. The molecule has 4 heteroatoms. The molecule has 0 aliphatic heterocycles. The number of nitrogens with zero attached hydrogens (tertiary/aromatic N) is 2. The van der Waals surface area contributed by atoms with Crippen LogP contribution in [0.3, 0.4) is 0 Å². The lowest BCUT2D eigenvalue weighted by molar-refractivity contribution is -0.154. The van der Waals surface area contributed by atoms with E-state index in [1.54, 1.807) is 0 Å². The minimum absolute atomic E-state index is 0.142. The Kier molecular flexibility index (Phi) is 2.74. The first-order valence-corrected chi connectivity index (χ1v) is 8.33. The van der Waals surface area contributed by atoms with Gasteiger partial charge in [0.1, 0.15) is 5.41 Å². The summed E-state index contributed by atoms with van der Waals surface area (Å²) in [5.41, 5.74) is 2.49. The van der Waals surface area contributed by atoms with Gasteiger partial charge in [0, 0.05) is 5.41 Å². The minimum atomic E-state index is -0.676. The van der Waals surface area contributed by atoms with Gasteiger partial charge in [-0.2, -0.15) is 0 Å². The summed E-state index contributed by atoms with van der Waals surface area (Å²) in [6.45, 7) is 8.82. The van der Waals surface area contributed by atoms with Crippen molar-refractivity contribution in [2.45, 2.75) is 51.4 Å². The van der Waals surface area contributed by atoms with Crippen LogP contribution in [-0.4, -0.2) is 22.5 Å². The molecule has 2 aromatic rings. The maximum atomic E-state index is 13.0. The minimum Gasteiger partial charge on any atom is -0.465 e. The number of rotatable bonds is 2. The standard InChI is InChI=1S/C19H22N2O2/c1-5-23-16(22)19-11-10-18(4,17(19,2)3)14-15(19)21-13-9-7-6-8-12(13)20-14/h6-9H,5,10-11H2,1-4H3. The van der Waals surface area contributed by atoms with Gasteiger partial charge in [-0.25, -0.2) is 9.97 Å². The summed E-state index contributed by atoms with van der Waals surface area (Å²) in [5, 5.41) is 0. The molecule has 120 valence electrons. The lowest BCUT2D eigenvalue weighted by Gasteiger charge is -2.38. The van der Waals surface area contributed by atoms with Crippen molar-refractivity contribution in [2.75, 3.05) is 6.61 Å². The quantitative estimate of drug-likeness (QED) is 0.796. The van der Waals surface area contributed by atoms with Gasteiger partial charge in [-0.15, -0.1) is 0 Å². The molecule has 0 N–H and O–H groups in total. The van der Waals surface area contributed by atoms with E-state index in [0.717, 1.165) is 35.3 Å². The molecule has 2 aliphatic rings. The molecule has 0 radical (unpaired) electrons. The molecule has 2 bridgehead atoms. The molecule has 1 heterocycles. The molecule has 1 fully saturated rings. The second-order valence-electron chi connectivity index (χ2n) is 7.49. The summed E-state index contributed by atoms with van der Waals surface area (Å²) in [4.78, 5) is 22.8. The van der Waals surface area contributed by atoms with Crippen LogP contribution < -0.4 is 0 Å². The average Bonchev–Trinajstić information content (AvgIpc) is 2.82. The van der Waals surface area contributed by atoms with Crippen LogP contribution in [-0.2, 0) is 20.4 Å². The molecule has 23 heavy (non-hydrogen) atoms. The molecule has 2 atom stereocenters. The van der Waals surface area contributed by atoms with Gasteiger partial charge < -0.3 is 4.74 Å². The van der Waals surface area contributed by atoms with Gasteiger partial charge in [-0.3, -0.25) is 4.79 Å². The predicted octanol–water partition coefficient (Wildman–Crippen LogP) is 3.52. The Morgan fingerprint density at radius 3 is 2.30 bits per heavy atom. The van der Waals surface area contributed by atoms with Gasteiger partial charge in [-0.05, 0) is 37.3 Å². The number of carbonyl (C=O) groups is 1. The van der Waals surface area contributed by atoms with Crippen molar-refractivity contribution in [3.05, 3.63) is 35.7 Å². The van der Waals surface area contributed by atoms with E-state index in [1.165, 1.54) is 0 Å². The number of ether oxygens (including phenoxy) is 1. The second kappa shape index (κ2) is 4.31. The van der Waals surface area contributed by atoms with E-state index in [9.17, 15) is 4.79 Å². The fourth-order valence-electron chi connectivity index (χ4n) is 4.75. The smallest absolute Gasteiger partial charge is 0.318 e. The first kappa shape index (κ1) is 14.6. The lowest BCUT2D eigenvalue weighted by atomic mass is 9.64. The Labute approximate surface area is 136 Å². The fourth-order valence-corrected chi connectivity index (χ4v) is 4.75. The zero-order valence-corrected chi connectivity index (χ0v) is 14.1. The Morgan fingerprint density at radius 1 is 1.09 bits per heavy atom. The van der Waals surface area contributed by atoms with Crippen molar-refractivity contribution in [1.82, 2.24) is 9.97 Å². The van der Waals surface area contributed by atoms with Gasteiger partial charge >= 0.3 is 5.97 Å². The second-order valence-corrected chi connectivity index (χ2v) is 7.49. The lowest BCUT2D eigenvalue weighted by Crippen LogP contribution is -2.46. The van der Waals surface area contributed by atoms with Gasteiger partial charge in [0.15, 0.2) is 0 Å². The number of carbonyl (C=O) groups excluding carboxylic acids is 1. The number of fused-ring (bicyclic) bond motifs is 6. The van der Waals surface area contributed by atoms with Crippen LogP contribution in [0.2, 0.25) is 0 Å². The molecular formula is C19H22N2O2. The Bertz CT molecular complexity index is 829. The van der Waals surface area contributed by atoms with Gasteiger partial charge in [-0.1, -0.05) is 32.9 Å². The zero-order chi connectivity index (χ0) is 16.5. The summed E-state index contributed by atoms with van der Waals surface area (Å²) in [6.07, 6.45) is 1.73. The van der Waals surface area contributed by atoms with E-state index in [0.29, 0.717) is 6.61 Å². The van der Waals surface area contributed by atoms with E-state index < -0.39 is 5.41 Å². The Morgan fingerprint density at radius 2 is 1.70 bits per heavy atom. The number of hydrogen-bond acceptors (Lipinski definition) is 4. The predicted molar refractivity (Wildman–Crippen MR) is 88.2 cm³/mol. The van der Waals surface area contributed by atoms with Crippen molar-refractivity contribution in [1.29, 1.82) is 0 Å². The van der Waals surface area contributed by atoms with Gasteiger partial charge in [0.25, 0.3) is 0 Å². The van der Waals surface area contributed by atoms with E-state index in [2.05, 4.69) is 20.8 Å². The molecular weight excluding hydrogens is 288 g/mol. The largest absolute Gasteiger partial charge is 0.465 e. The van der Waals surface area contributed by atoms with Gasteiger partial charge in [0.2, 0.25) is 0 Å². The summed E-state index contributed by atoms with van der Waals surface area (Å²) >= 11 is 0. The molecule has 1 aromatic carbocycles. The van der Waals surface area contributed by atoms with Crippen LogP contribution >= 0.6 is 0 Å². The van der Waals surface area contributed by atoms with Crippen molar-refractivity contribution < 1.29 is 9.53 Å². The number of benzene rings is 1. The average molecular weight is 310 g/mol. The highest BCUT2D eigenvalue weighted by atomic mass is 16.5. The van der Waals surface area contributed by atoms with Crippen LogP contribution in [0.25, 0.3) is 11.0 Å². The van der Waals surface area contributed by atoms with Crippen LogP contribution in [0.5, 0.6) is 0 Å². The van der Waals surface area contributed by atoms with Crippen LogP contribution in [0, 0.1) is 5.41 Å². The summed E-state index contributed by atoms with van der Waals surface area (Å²) in [7, 11) is 0. The number of hydrogen-bond donors (Lipinski definition) is 0. The van der Waals surface area contributed by atoms with E-state index in [4.69, 9.17) is 14.7 Å². The highest BCUT2D eigenvalue weighted by molar-refractivity contribution is 5.89. The highest BCUT2D eigenvalue weighted by Gasteiger charge is 2.73. The molecule has 4 nitrogen and oxygen atoms in total. The van der Waals surface area contributed by atoms with Crippen molar-refractivity contribution in [3.8, 4) is 0 Å². The van der Waals surface area contributed by atoms with Crippen LogP contribution in [0.1, 0.15) is 51.9 Å². The third kappa shape index (κ3) is 1.45. The molecule has 1 saturated carbocycles. The highest BCUT2D eigenvalue weighted by Crippen LogP contribution is 2.70. The maximum Gasteiger partial charge on any atom is 0.318 e. The number of para-hydroxylation sites is 2. The first-order valence-electron chi connectivity index (χ1n) is 8.33. The molecule has 1 aromatic heterocycles. The molecule has 2 aliphatic carbocycles. The van der Waals surface area contributed by atoms with Crippen LogP contribution in [0.15, 0.2) is 24.3 Å². The summed E-state index contributed by atoms with van der Waals surface area (Å²) in [5.74, 6) is -0.142. The van der Waals surface area contributed by atoms with E-state index >= 15 is 0 Å². The van der Waals surface area contributed by atoms with E-state index in [-0.39, 0.29) is 16.8 Å². The Hall–Kier alpha value is -1.97. The molecule has 0 amide bonds. The zero-order valence-electron chi connectivity index (χ0n) is 14.1. The molecule has 0 saturated heterocycles. The third-order valence-corrected chi connectivity index (χ3v) is 6.57. The van der Waals surface area contributed by atoms with Crippen LogP contribution in [0.4, 0.5) is 0 Å². The van der Waals surface area contributed by atoms with Gasteiger partial charge in [0.05, 0.1) is 29.0 Å². The van der Waals surface area contributed by atoms with Crippen molar-refractivity contribution >= 4 is 17.0 Å². The maximum absolute atomic E-state index is 13.0. The normalized spacial score (nSPS) is 30.4. The van der Waals surface area contributed by atoms with E-state index in [1.807, 2.05) is 31.2 Å². The molecule has 2 unspecified atom stereocenters. The van der Waals surface area contributed by atoms with Crippen molar-refractivity contribution in [2.24, 2.45) is 5.41 Å². The number of esters is 1. The summed E-state index contributed by atoms with van der Waals surface area (Å²) in [6, 6.07) is 7.89. The monoisotopic (exact) mass is 310 g/mol. The summed E-state index contributed by atoms with van der Waals surface area (Å²) < 4.78 is 5.49. The molecule has 4 rings (SSSR count). The topological polar surface area (TPSA) is 52.1 Å². The number of aromatic nitrogens is 2. The molecule has 0 spiro atoms. The Balaban J connectivity index is 2.06.